The highest BCUT2D eigenvalue weighted by Crippen LogP contribution is 2.17. The summed E-state index contributed by atoms with van der Waals surface area (Å²) in [5.74, 6) is 1.32. The highest BCUT2D eigenvalue weighted by atomic mass is 35.5. The molecule has 1 atom stereocenters. The maximum atomic E-state index is 9.17. The molecule has 1 N–H and O–H groups in total. The van der Waals surface area contributed by atoms with Crippen LogP contribution in [0.3, 0.4) is 0 Å². The van der Waals surface area contributed by atoms with Crippen LogP contribution < -0.4 is 12.4 Å². The molecule has 1 aliphatic heterocycles. The Morgan fingerprint density at radius 3 is 2.14 bits per heavy atom. The molecule has 0 aliphatic carbocycles. The molecule has 0 aromatic carbocycles. The van der Waals surface area contributed by atoms with Gasteiger partial charge < -0.3 is 17.5 Å². The number of unbranched alkanes of at least 4 members (excludes halogenated alkanes) is 8. The first-order valence-corrected chi connectivity index (χ1v) is 8.72. The second kappa shape index (κ2) is 12.4. The van der Waals surface area contributed by atoms with E-state index in [0.717, 1.165) is 30.5 Å². The fraction of sp³-hybridized carbons (Fsp3) is 0.941. The van der Waals surface area contributed by atoms with Gasteiger partial charge in [-0.25, -0.2) is 4.99 Å². The Morgan fingerprint density at radius 2 is 1.57 bits per heavy atom. The smallest absolute Gasteiger partial charge is 0.198 e. The number of amidine groups is 1. The highest BCUT2D eigenvalue weighted by Gasteiger charge is 2.32. The molecule has 0 aromatic rings. The van der Waals surface area contributed by atoms with E-state index >= 15 is 0 Å². The third kappa shape index (κ3) is 8.18. The van der Waals surface area contributed by atoms with Crippen molar-refractivity contribution < 1.29 is 22.0 Å². The molecule has 1 aliphatic rings. The third-order valence-corrected chi connectivity index (χ3v) is 4.61. The zero-order valence-corrected chi connectivity index (χ0v) is 14.9. The van der Waals surface area contributed by atoms with Gasteiger partial charge in [0.1, 0.15) is 13.1 Å². The van der Waals surface area contributed by atoms with Crippen LogP contribution in [0.4, 0.5) is 0 Å². The second-order valence-electron chi connectivity index (χ2n) is 6.44. The van der Waals surface area contributed by atoms with E-state index in [0.29, 0.717) is 0 Å². The van der Waals surface area contributed by atoms with E-state index < -0.39 is 0 Å². The van der Waals surface area contributed by atoms with Gasteiger partial charge in [-0.05, 0) is 6.42 Å². The Kier molecular flexibility index (Phi) is 12.4. The molecule has 126 valence electrons. The Balaban J connectivity index is 0.00000400. The molecule has 1 heterocycles. The molecule has 0 aromatic heterocycles. The van der Waals surface area contributed by atoms with Gasteiger partial charge in [-0.15, -0.1) is 0 Å². The maximum absolute atomic E-state index is 9.17. The molecule has 0 amide bonds. The van der Waals surface area contributed by atoms with Crippen LogP contribution in [0, 0.1) is 0 Å². The SMILES string of the molecule is CCCCCCCCCCCC1=NCC[N+]1(C)CCO.[Cl-]. The van der Waals surface area contributed by atoms with Crippen molar-refractivity contribution in [2.24, 2.45) is 4.99 Å². The molecular formula is C17H35ClN2O. The molecule has 4 heteroatoms. The lowest BCUT2D eigenvalue weighted by atomic mass is 10.1. The maximum Gasteiger partial charge on any atom is 0.198 e. The van der Waals surface area contributed by atoms with E-state index in [9.17, 15) is 0 Å². The fourth-order valence-corrected chi connectivity index (χ4v) is 3.10. The average Bonchev–Trinajstić information content (AvgIpc) is 2.78. The summed E-state index contributed by atoms with van der Waals surface area (Å²) < 4.78 is 0.882. The number of rotatable bonds is 12. The van der Waals surface area contributed by atoms with Crippen molar-refractivity contribution in [2.45, 2.75) is 71.1 Å². The molecule has 1 rings (SSSR count). The minimum absolute atomic E-state index is 0. The number of nitrogens with zero attached hydrogens (tertiary/aromatic N) is 2. The lowest BCUT2D eigenvalue weighted by Gasteiger charge is -2.29. The minimum atomic E-state index is 0. The molecule has 21 heavy (non-hydrogen) atoms. The summed E-state index contributed by atoms with van der Waals surface area (Å²) in [6.45, 7) is 5.40. The molecular weight excluding hydrogens is 284 g/mol. The van der Waals surface area contributed by atoms with Crippen LogP contribution in [0.1, 0.15) is 71.1 Å². The first-order valence-electron chi connectivity index (χ1n) is 8.72. The molecule has 0 spiro atoms. The van der Waals surface area contributed by atoms with Gasteiger partial charge in [-0.3, -0.25) is 4.48 Å². The van der Waals surface area contributed by atoms with E-state index in [2.05, 4.69) is 19.0 Å². The van der Waals surface area contributed by atoms with Crippen molar-refractivity contribution in [2.75, 3.05) is 33.3 Å². The number of quaternary nitrogens is 1. The normalized spacial score (nSPS) is 21.2. The third-order valence-electron chi connectivity index (χ3n) is 4.61. The monoisotopic (exact) mass is 318 g/mol. The van der Waals surface area contributed by atoms with Gasteiger partial charge >= 0.3 is 0 Å². The standard InChI is InChI=1S/C17H35N2O.ClH/c1-3-4-5-6-7-8-9-10-11-12-17-18-13-14-19(17,2)15-16-20;/h20H,3-16H2,1-2H3;1H/q+1;/p-1. The number of aliphatic hydroxyl groups is 1. The number of likely N-dealkylation sites (N-methyl/N-ethyl adjacent to an activating group) is 1. The number of aliphatic hydroxyl groups excluding tert-OH is 1. The largest absolute Gasteiger partial charge is 1.00 e. The first-order chi connectivity index (χ1) is 9.73. The van der Waals surface area contributed by atoms with E-state index in [-0.39, 0.29) is 19.0 Å². The van der Waals surface area contributed by atoms with Crippen LogP contribution in [-0.2, 0) is 0 Å². The molecule has 1 unspecified atom stereocenters. The van der Waals surface area contributed by atoms with Crippen LogP contribution in [0.15, 0.2) is 4.99 Å². The van der Waals surface area contributed by atoms with Crippen molar-refractivity contribution in [1.29, 1.82) is 0 Å². The highest BCUT2D eigenvalue weighted by molar-refractivity contribution is 5.76. The number of hydrogen-bond donors (Lipinski definition) is 1. The van der Waals surface area contributed by atoms with E-state index in [4.69, 9.17) is 5.11 Å². The zero-order chi connectivity index (χ0) is 14.7. The van der Waals surface area contributed by atoms with Crippen molar-refractivity contribution in [3.8, 4) is 0 Å². The quantitative estimate of drug-likeness (QED) is 0.418. The number of aliphatic imine (C=N–C) groups is 1. The van der Waals surface area contributed by atoms with E-state index in [1.165, 1.54) is 63.6 Å². The topological polar surface area (TPSA) is 32.6 Å². The van der Waals surface area contributed by atoms with E-state index in [1.54, 1.807) is 0 Å². The van der Waals surface area contributed by atoms with Gasteiger partial charge in [0.15, 0.2) is 5.84 Å². The van der Waals surface area contributed by atoms with Crippen LogP contribution in [0.25, 0.3) is 0 Å². The summed E-state index contributed by atoms with van der Waals surface area (Å²) in [6, 6.07) is 0. The van der Waals surface area contributed by atoms with Gasteiger partial charge in [0.2, 0.25) is 0 Å². The Labute approximate surface area is 137 Å². The van der Waals surface area contributed by atoms with Gasteiger partial charge in [-0.2, -0.15) is 0 Å². The Morgan fingerprint density at radius 1 is 1.00 bits per heavy atom. The molecule has 0 bridgehead atoms. The summed E-state index contributed by atoms with van der Waals surface area (Å²) in [5.41, 5.74) is 0. The molecule has 3 nitrogen and oxygen atoms in total. The summed E-state index contributed by atoms with van der Waals surface area (Å²) >= 11 is 0. The summed E-state index contributed by atoms with van der Waals surface area (Å²) in [4.78, 5) is 4.65. The van der Waals surface area contributed by atoms with Crippen molar-refractivity contribution in [3.05, 3.63) is 0 Å². The van der Waals surface area contributed by atoms with Crippen molar-refractivity contribution in [1.82, 2.24) is 0 Å². The average molecular weight is 319 g/mol. The lowest BCUT2D eigenvalue weighted by molar-refractivity contribution is -0.815. The van der Waals surface area contributed by atoms with Crippen LogP contribution in [0.5, 0.6) is 0 Å². The zero-order valence-electron chi connectivity index (χ0n) is 14.1. The predicted octanol–water partition coefficient (Wildman–Crippen LogP) is 0.762. The first kappa shape index (κ1) is 20.9. The van der Waals surface area contributed by atoms with Crippen molar-refractivity contribution in [3.63, 3.8) is 0 Å². The van der Waals surface area contributed by atoms with Crippen LogP contribution in [0.2, 0.25) is 0 Å². The Bertz CT molecular complexity index is 284. The van der Waals surface area contributed by atoms with E-state index in [1.807, 2.05) is 0 Å². The molecule has 0 saturated heterocycles. The van der Waals surface area contributed by atoms with Crippen molar-refractivity contribution >= 4 is 5.84 Å². The molecule has 0 radical (unpaired) electrons. The summed E-state index contributed by atoms with van der Waals surface area (Å²) in [5, 5.41) is 9.17. The summed E-state index contributed by atoms with van der Waals surface area (Å²) in [7, 11) is 2.22. The minimum Gasteiger partial charge on any atom is -1.00 e. The van der Waals surface area contributed by atoms with Gasteiger partial charge in [-0.1, -0.05) is 58.3 Å². The fourth-order valence-electron chi connectivity index (χ4n) is 3.10. The van der Waals surface area contributed by atoms with Crippen LogP contribution >= 0.6 is 0 Å². The Hall–Kier alpha value is -0.120. The number of halogens is 1. The second-order valence-corrected chi connectivity index (χ2v) is 6.44. The summed E-state index contributed by atoms with van der Waals surface area (Å²) in [6.07, 6.45) is 13.5. The lowest BCUT2D eigenvalue weighted by Crippen LogP contribution is -3.00. The molecule has 0 fully saturated rings. The predicted molar refractivity (Wildman–Crippen MR) is 87.2 cm³/mol. The van der Waals surface area contributed by atoms with Gasteiger partial charge in [0.25, 0.3) is 0 Å². The number of hydrogen-bond acceptors (Lipinski definition) is 2. The van der Waals surface area contributed by atoms with Crippen LogP contribution in [-0.4, -0.2) is 48.7 Å². The molecule has 0 saturated carbocycles. The van der Waals surface area contributed by atoms with Gasteiger partial charge in [0.05, 0.1) is 20.2 Å². The van der Waals surface area contributed by atoms with Gasteiger partial charge in [0, 0.05) is 6.42 Å².